The third kappa shape index (κ3) is 5.07. The number of urea groups is 1. The van der Waals surface area contributed by atoms with Gasteiger partial charge in [-0.05, 0) is 52.5 Å². The summed E-state index contributed by atoms with van der Waals surface area (Å²) < 4.78 is 15.8. The van der Waals surface area contributed by atoms with Crippen LogP contribution in [0.25, 0.3) is 6.08 Å². The largest absolute Gasteiger partial charge is 0.493 e. The number of halogens is 1. The molecule has 1 N–H and O–H groups in total. The number of hydrogen-bond donors (Lipinski definition) is 1. The number of esters is 1. The molecule has 4 amide bonds. The molecule has 2 aliphatic rings. The average molecular weight is 495 g/mol. The molecule has 31 heavy (non-hydrogen) atoms. The Kier molecular flexibility index (Phi) is 7.32. The van der Waals surface area contributed by atoms with Crippen molar-refractivity contribution in [3.63, 3.8) is 0 Å². The smallest absolute Gasteiger partial charge is 0.343 e. The van der Waals surface area contributed by atoms with E-state index in [4.69, 9.17) is 9.47 Å². The molecule has 0 bridgehead atoms. The molecule has 0 aromatic heterocycles. The molecule has 1 aliphatic heterocycles. The van der Waals surface area contributed by atoms with Crippen molar-refractivity contribution in [1.82, 2.24) is 10.2 Å². The van der Waals surface area contributed by atoms with Crippen LogP contribution in [-0.2, 0) is 19.1 Å². The van der Waals surface area contributed by atoms with Crippen molar-refractivity contribution in [2.75, 3.05) is 20.8 Å². The van der Waals surface area contributed by atoms with E-state index in [1.165, 1.54) is 20.3 Å². The second kappa shape index (κ2) is 9.95. The predicted octanol–water partition coefficient (Wildman–Crippen LogP) is 2.80. The fourth-order valence-electron chi connectivity index (χ4n) is 3.66. The number of methoxy groups -OCH3 is 2. The minimum atomic E-state index is -0.747. The van der Waals surface area contributed by atoms with Gasteiger partial charge in [0.1, 0.15) is 5.57 Å². The third-order valence-corrected chi connectivity index (χ3v) is 5.79. The van der Waals surface area contributed by atoms with Crippen LogP contribution < -0.4 is 14.8 Å². The molecule has 1 saturated heterocycles. The summed E-state index contributed by atoms with van der Waals surface area (Å²) in [6.45, 7) is -0.314. The standard InChI is InChI=1S/C21H23BrN2O7/c1-29-16-10-12(9-15(22)18(16)31-11-17(25)30-2)8-14-19(26)23-21(28)24(20(14)27)13-6-4-3-5-7-13/h8-10,13H,3-7,11H2,1-2H3,(H,23,26,28). The van der Waals surface area contributed by atoms with Crippen LogP contribution in [0.3, 0.4) is 0 Å². The highest BCUT2D eigenvalue weighted by Crippen LogP contribution is 2.37. The van der Waals surface area contributed by atoms with Gasteiger partial charge in [-0.2, -0.15) is 0 Å². The Hall–Kier alpha value is -2.88. The molecular weight excluding hydrogens is 472 g/mol. The van der Waals surface area contributed by atoms with Gasteiger partial charge in [0, 0.05) is 6.04 Å². The normalized spacial score (nSPS) is 18.7. The van der Waals surface area contributed by atoms with Crippen molar-refractivity contribution in [2.45, 2.75) is 38.1 Å². The van der Waals surface area contributed by atoms with Gasteiger partial charge in [0.2, 0.25) is 0 Å². The first kappa shape index (κ1) is 22.8. The Labute approximate surface area is 187 Å². The molecule has 3 rings (SSSR count). The first-order chi connectivity index (χ1) is 14.8. The maximum Gasteiger partial charge on any atom is 0.343 e. The SMILES string of the molecule is COC(=O)COc1c(Br)cc(C=C2C(=O)NC(=O)N(C3CCCCC3)C2=O)cc1OC. The summed E-state index contributed by atoms with van der Waals surface area (Å²) in [5.41, 5.74) is 0.341. The average Bonchev–Trinajstić information content (AvgIpc) is 2.75. The molecule has 9 nitrogen and oxygen atoms in total. The van der Waals surface area contributed by atoms with Crippen molar-refractivity contribution in [3.05, 3.63) is 27.7 Å². The summed E-state index contributed by atoms with van der Waals surface area (Å²) in [5, 5.41) is 2.26. The molecule has 0 radical (unpaired) electrons. The second-order valence-corrected chi connectivity index (χ2v) is 8.04. The maximum absolute atomic E-state index is 13.0. The molecule has 1 aliphatic carbocycles. The summed E-state index contributed by atoms with van der Waals surface area (Å²) in [6.07, 6.45) is 5.80. The van der Waals surface area contributed by atoms with Gasteiger partial charge >= 0.3 is 12.0 Å². The number of nitrogens with zero attached hydrogens (tertiary/aromatic N) is 1. The lowest BCUT2D eigenvalue weighted by Crippen LogP contribution is -2.58. The van der Waals surface area contributed by atoms with Crippen LogP contribution >= 0.6 is 15.9 Å². The van der Waals surface area contributed by atoms with E-state index in [-0.39, 0.29) is 29.7 Å². The number of carbonyl (C=O) groups is 4. The Balaban J connectivity index is 1.90. The van der Waals surface area contributed by atoms with E-state index < -0.39 is 23.8 Å². The van der Waals surface area contributed by atoms with Gasteiger partial charge in [0.25, 0.3) is 11.8 Å². The lowest BCUT2D eigenvalue weighted by molar-refractivity contribution is -0.143. The molecule has 0 spiro atoms. The molecule has 1 heterocycles. The van der Waals surface area contributed by atoms with Gasteiger partial charge in [-0.25, -0.2) is 9.59 Å². The Morgan fingerprint density at radius 1 is 1.19 bits per heavy atom. The van der Waals surface area contributed by atoms with E-state index in [1.54, 1.807) is 12.1 Å². The number of benzene rings is 1. The Bertz CT molecular complexity index is 938. The summed E-state index contributed by atoms with van der Waals surface area (Å²) in [4.78, 5) is 50.3. The molecule has 0 atom stereocenters. The number of nitrogens with one attached hydrogen (secondary N) is 1. The first-order valence-corrected chi connectivity index (χ1v) is 10.6. The molecule has 10 heteroatoms. The minimum Gasteiger partial charge on any atom is -0.493 e. The monoisotopic (exact) mass is 494 g/mol. The van der Waals surface area contributed by atoms with E-state index in [1.807, 2.05) is 0 Å². The summed E-state index contributed by atoms with van der Waals surface area (Å²) in [7, 11) is 2.67. The lowest BCUT2D eigenvalue weighted by atomic mass is 9.93. The van der Waals surface area contributed by atoms with Crippen molar-refractivity contribution in [1.29, 1.82) is 0 Å². The molecule has 2 fully saturated rings. The Morgan fingerprint density at radius 3 is 2.55 bits per heavy atom. The first-order valence-electron chi connectivity index (χ1n) is 9.83. The molecular formula is C21H23BrN2O7. The highest BCUT2D eigenvalue weighted by molar-refractivity contribution is 9.10. The van der Waals surface area contributed by atoms with Crippen LogP contribution in [-0.4, -0.2) is 55.6 Å². The third-order valence-electron chi connectivity index (χ3n) is 5.20. The van der Waals surface area contributed by atoms with Crippen LogP contribution in [0.15, 0.2) is 22.2 Å². The number of carbonyl (C=O) groups excluding carboxylic acids is 4. The van der Waals surface area contributed by atoms with Crippen LogP contribution in [0, 0.1) is 0 Å². The van der Waals surface area contributed by atoms with Crippen molar-refractivity contribution < 1.29 is 33.4 Å². The number of rotatable bonds is 6. The number of amides is 4. The van der Waals surface area contributed by atoms with Crippen molar-refractivity contribution in [2.24, 2.45) is 0 Å². The second-order valence-electron chi connectivity index (χ2n) is 7.18. The van der Waals surface area contributed by atoms with Gasteiger partial charge < -0.3 is 14.2 Å². The summed E-state index contributed by atoms with van der Waals surface area (Å²) in [6, 6.07) is 2.29. The lowest BCUT2D eigenvalue weighted by Gasteiger charge is -2.35. The minimum absolute atomic E-state index is 0.137. The van der Waals surface area contributed by atoms with Crippen LogP contribution in [0.1, 0.15) is 37.7 Å². The quantitative estimate of drug-likeness (QED) is 0.367. The Morgan fingerprint density at radius 2 is 1.90 bits per heavy atom. The number of barbiturate groups is 1. The molecule has 1 aromatic rings. The highest BCUT2D eigenvalue weighted by atomic mass is 79.9. The zero-order valence-electron chi connectivity index (χ0n) is 17.2. The van der Waals surface area contributed by atoms with Gasteiger partial charge in [0.15, 0.2) is 18.1 Å². The molecule has 166 valence electrons. The van der Waals surface area contributed by atoms with E-state index in [0.29, 0.717) is 10.0 Å². The van der Waals surface area contributed by atoms with E-state index in [2.05, 4.69) is 26.0 Å². The van der Waals surface area contributed by atoms with E-state index >= 15 is 0 Å². The van der Waals surface area contributed by atoms with Crippen molar-refractivity contribution in [3.8, 4) is 11.5 Å². The van der Waals surface area contributed by atoms with Crippen LogP contribution in [0.5, 0.6) is 11.5 Å². The van der Waals surface area contributed by atoms with Crippen LogP contribution in [0.4, 0.5) is 4.79 Å². The zero-order chi connectivity index (χ0) is 22.5. The van der Waals surface area contributed by atoms with Crippen LogP contribution in [0.2, 0.25) is 0 Å². The summed E-state index contributed by atoms with van der Waals surface area (Å²) in [5.74, 6) is -1.36. The van der Waals surface area contributed by atoms with E-state index in [0.717, 1.165) is 37.0 Å². The number of imide groups is 2. The predicted molar refractivity (Wildman–Crippen MR) is 113 cm³/mol. The van der Waals surface area contributed by atoms with Crippen molar-refractivity contribution >= 4 is 45.8 Å². The number of hydrogen-bond acceptors (Lipinski definition) is 7. The zero-order valence-corrected chi connectivity index (χ0v) is 18.8. The van der Waals surface area contributed by atoms with Gasteiger partial charge in [-0.1, -0.05) is 19.3 Å². The van der Waals surface area contributed by atoms with Gasteiger partial charge in [-0.3, -0.25) is 19.8 Å². The maximum atomic E-state index is 13.0. The van der Waals surface area contributed by atoms with Gasteiger partial charge in [0.05, 0.1) is 18.7 Å². The molecule has 0 unspecified atom stereocenters. The fraction of sp³-hybridized carbons (Fsp3) is 0.429. The van der Waals surface area contributed by atoms with Gasteiger partial charge in [-0.15, -0.1) is 0 Å². The highest BCUT2D eigenvalue weighted by Gasteiger charge is 2.40. The molecule has 1 saturated carbocycles. The molecule has 1 aromatic carbocycles. The van der Waals surface area contributed by atoms with E-state index in [9.17, 15) is 19.2 Å². The number of ether oxygens (including phenoxy) is 3. The fourth-order valence-corrected chi connectivity index (χ4v) is 4.24. The topological polar surface area (TPSA) is 111 Å². The summed E-state index contributed by atoms with van der Waals surface area (Å²) >= 11 is 3.35.